The number of amides is 1. The zero-order chi connectivity index (χ0) is 10.7. The highest BCUT2D eigenvalue weighted by molar-refractivity contribution is 5.91. The van der Waals surface area contributed by atoms with Crippen LogP contribution in [-0.4, -0.2) is 40.8 Å². The van der Waals surface area contributed by atoms with Crippen LogP contribution in [0.25, 0.3) is 0 Å². The molecular formula is C10H14N2O3. The van der Waals surface area contributed by atoms with Crippen molar-refractivity contribution in [3.05, 3.63) is 18.0 Å². The standard InChI is InChI=1S/C10H14N2O3/c13-7-8-2-1-5-12(6-8)10(14)9-3-4-11-15-9/h3-4,8,13H,1-2,5-7H2. The van der Waals surface area contributed by atoms with Crippen LogP contribution in [-0.2, 0) is 0 Å². The van der Waals surface area contributed by atoms with Crippen LogP contribution in [0.3, 0.4) is 0 Å². The predicted octanol–water partition coefficient (Wildman–Crippen LogP) is 0.519. The number of aliphatic hydroxyl groups is 1. The molecule has 1 amide bonds. The maximum atomic E-state index is 11.8. The quantitative estimate of drug-likeness (QED) is 0.772. The molecule has 1 aromatic rings. The monoisotopic (exact) mass is 210 g/mol. The van der Waals surface area contributed by atoms with Crippen LogP contribution in [0.4, 0.5) is 0 Å². The molecule has 0 aliphatic carbocycles. The normalized spacial score (nSPS) is 21.7. The average molecular weight is 210 g/mol. The molecule has 1 aromatic heterocycles. The summed E-state index contributed by atoms with van der Waals surface area (Å²) in [7, 11) is 0. The number of likely N-dealkylation sites (tertiary alicyclic amines) is 1. The lowest BCUT2D eigenvalue weighted by molar-refractivity contribution is 0.0581. The van der Waals surface area contributed by atoms with Crippen molar-refractivity contribution < 1.29 is 14.4 Å². The molecule has 0 spiro atoms. The first-order valence-corrected chi connectivity index (χ1v) is 5.12. The summed E-state index contributed by atoms with van der Waals surface area (Å²) in [4.78, 5) is 13.5. The zero-order valence-corrected chi connectivity index (χ0v) is 8.43. The van der Waals surface area contributed by atoms with E-state index in [1.54, 1.807) is 11.0 Å². The maximum Gasteiger partial charge on any atom is 0.292 e. The Hall–Kier alpha value is -1.36. The maximum absolute atomic E-state index is 11.8. The second-order valence-corrected chi connectivity index (χ2v) is 3.82. The van der Waals surface area contributed by atoms with Gasteiger partial charge in [0.2, 0.25) is 5.76 Å². The number of carbonyl (C=O) groups is 1. The Labute approximate surface area is 87.7 Å². The van der Waals surface area contributed by atoms with Crippen LogP contribution < -0.4 is 0 Å². The van der Waals surface area contributed by atoms with E-state index in [0.717, 1.165) is 19.4 Å². The van der Waals surface area contributed by atoms with Gasteiger partial charge in [-0.2, -0.15) is 0 Å². The first-order chi connectivity index (χ1) is 7.31. The summed E-state index contributed by atoms with van der Waals surface area (Å²) >= 11 is 0. The molecule has 0 radical (unpaired) electrons. The molecule has 1 fully saturated rings. The smallest absolute Gasteiger partial charge is 0.292 e. The molecule has 1 aliphatic rings. The van der Waals surface area contributed by atoms with Gasteiger partial charge in [0, 0.05) is 25.8 Å². The molecule has 1 atom stereocenters. The van der Waals surface area contributed by atoms with E-state index in [-0.39, 0.29) is 24.2 Å². The molecule has 1 saturated heterocycles. The lowest BCUT2D eigenvalue weighted by Gasteiger charge is -2.30. The second-order valence-electron chi connectivity index (χ2n) is 3.82. The highest BCUT2D eigenvalue weighted by atomic mass is 16.5. The van der Waals surface area contributed by atoms with E-state index in [0.29, 0.717) is 6.54 Å². The highest BCUT2D eigenvalue weighted by Crippen LogP contribution is 2.17. The summed E-state index contributed by atoms with van der Waals surface area (Å²) in [5.74, 6) is 0.338. The third kappa shape index (κ3) is 2.18. The van der Waals surface area contributed by atoms with Gasteiger partial charge in [-0.25, -0.2) is 0 Å². The minimum atomic E-state index is -0.134. The Morgan fingerprint density at radius 3 is 3.27 bits per heavy atom. The molecule has 0 bridgehead atoms. The van der Waals surface area contributed by atoms with Gasteiger partial charge in [-0.15, -0.1) is 0 Å². The molecule has 5 heteroatoms. The van der Waals surface area contributed by atoms with Crippen molar-refractivity contribution in [1.29, 1.82) is 0 Å². The van der Waals surface area contributed by atoms with Gasteiger partial charge in [0.25, 0.3) is 5.91 Å². The van der Waals surface area contributed by atoms with E-state index in [1.807, 2.05) is 0 Å². The number of hydrogen-bond donors (Lipinski definition) is 1. The topological polar surface area (TPSA) is 66.6 Å². The van der Waals surface area contributed by atoms with E-state index >= 15 is 0 Å². The molecular weight excluding hydrogens is 196 g/mol. The molecule has 1 N–H and O–H groups in total. The van der Waals surface area contributed by atoms with Gasteiger partial charge in [-0.1, -0.05) is 5.16 Å². The Balaban J connectivity index is 2.01. The number of hydrogen-bond acceptors (Lipinski definition) is 4. The molecule has 1 aliphatic heterocycles. The first-order valence-electron chi connectivity index (χ1n) is 5.12. The SMILES string of the molecule is O=C(c1ccno1)N1CCCC(CO)C1. The molecule has 0 aromatic carbocycles. The van der Waals surface area contributed by atoms with E-state index in [9.17, 15) is 4.79 Å². The van der Waals surface area contributed by atoms with Crippen LogP contribution in [0.5, 0.6) is 0 Å². The van der Waals surface area contributed by atoms with Crippen molar-refractivity contribution in [1.82, 2.24) is 10.1 Å². The van der Waals surface area contributed by atoms with Crippen molar-refractivity contribution in [2.24, 2.45) is 5.92 Å². The highest BCUT2D eigenvalue weighted by Gasteiger charge is 2.25. The van der Waals surface area contributed by atoms with Gasteiger partial charge < -0.3 is 14.5 Å². The number of nitrogens with zero attached hydrogens (tertiary/aromatic N) is 2. The molecule has 0 saturated carbocycles. The van der Waals surface area contributed by atoms with Gasteiger partial charge >= 0.3 is 0 Å². The lowest BCUT2D eigenvalue weighted by Crippen LogP contribution is -2.40. The summed E-state index contributed by atoms with van der Waals surface area (Å²) in [6, 6.07) is 1.56. The number of aliphatic hydroxyl groups excluding tert-OH is 1. The van der Waals surface area contributed by atoms with Crippen molar-refractivity contribution in [3.63, 3.8) is 0 Å². The third-order valence-electron chi connectivity index (χ3n) is 2.71. The summed E-state index contributed by atoms with van der Waals surface area (Å²) < 4.78 is 4.81. The molecule has 2 heterocycles. The average Bonchev–Trinajstić information content (AvgIpc) is 2.81. The van der Waals surface area contributed by atoms with Crippen LogP contribution in [0.15, 0.2) is 16.8 Å². The Kier molecular flexibility index (Phi) is 3.01. The molecule has 82 valence electrons. The van der Waals surface area contributed by atoms with E-state index in [4.69, 9.17) is 9.63 Å². The summed E-state index contributed by atoms with van der Waals surface area (Å²) in [5, 5.41) is 12.6. The molecule has 15 heavy (non-hydrogen) atoms. The summed E-state index contributed by atoms with van der Waals surface area (Å²) in [6.45, 7) is 1.48. The fraction of sp³-hybridized carbons (Fsp3) is 0.600. The Bertz CT molecular complexity index is 323. The predicted molar refractivity (Wildman–Crippen MR) is 52.2 cm³/mol. The van der Waals surface area contributed by atoms with Crippen molar-refractivity contribution in [3.8, 4) is 0 Å². The van der Waals surface area contributed by atoms with Crippen LogP contribution >= 0.6 is 0 Å². The second kappa shape index (κ2) is 4.44. The van der Waals surface area contributed by atoms with E-state index < -0.39 is 0 Å². The fourth-order valence-electron chi connectivity index (χ4n) is 1.88. The molecule has 1 unspecified atom stereocenters. The van der Waals surface area contributed by atoms with Crippen LogP contribution in [0.1, 0.15) is 23.4 Å². The van der Waals surface area contributed by atoms with Crippen LogP contribution in [0.2, 0.25) is 0 Å². The molecule has 2 rings (SSSR count). The van der Waals surface area contributed by atoms with Crippen molar-refractivity contribution in [2.45, 2.75) is 12.8 Å². The zero-order valence-electron chi connectivity index (χ0n) is 8.43. The minimum Gasteiger partial charge on any atom is -0.396 e. The summed E-state index contributed by atoms with van der Waals surface area (Å²) in [6.07, 6.45) is 3.38. The fourth-order valence-corrected chi connectivity index (χ4v) is 1.88. The lowest BCUT2D eigenvalue weighted by atomic mass is 9.99. The Morgan fingerprint density at radius 1 is 1.73 bits per heavy atom. The largest absolute Gasteiger partial charge is 0.396 e. The van der Waals surface area contributed by atoms with Gasteiger partial charge in [-0.3, -0.25) is 4.79 Å². The number of piperidine rings is 1. The number of aromatic nitrogens is 1. The first kappa shape index (κ1) is 10.2. The van der Waals surface area contributed by atoms with Crippen LogP contribution in [0, 0.1) is 5.92 Å². The van der Waals surface area contributed by atoms with Gasteiger partial charge in [-0.05, 0) is 18.8 Å². The van der Waals surface area contributed by atoms with Gasteiger partial charge in [0.1, 0.15) is 0 Å². The van der Waals surface area contributed by atoms with Gasteiger partial charge in [0.15, 0.2) is 0 Å². The number of rotatable bonds is 2. The third-order valence-corrected chi connectivity index (χ3v) is 2.71. The number of carbonyl (C=O) groups excluding carboxylic acids is 1. The van der Waals surface area contributed by atoms with E-state index in [1.165, 1.54) is 6.20 Å². The van der Waals surface area contributed by atoms with E-state index in [2.05, 4.69) is 5.16 Å². The summed E-state index contributed by atoms with van der Waals surface area (Å²) in [5.41, 5.74) is 0. The minimum absolute atomic E-state index is 0.134. The van der Waals surface area contributed by atoms with Crippen molar-refractivity contribution >= 4 is 5.91 Å². The molecule has 5 nitrogen and oxygen atoms in total. The Morgan fingerprint density at radius 2 is 2.60 bits per heavy atom. The van der Waals surface area contributed by atoms with Crippen molar-refractivity contribution in [2.75, 3.05) is 19.7 Å². The van der Waals surface area contributed by atoms with Gasteiger partial charge in [0.05, 0.1) is 6.20 Å².